The fourth-order valence-corrected chi connectivity index (χ4v) is 2.13. The molecule has 1 aromatic heterocycles. The van der Waals surface area contributed by atoms with Crippen LogP contribution in [0.3, 0.4) is 0 Å². The first kappa shape index (κ1) is 12.9. The predicted molar refractivity (Wildman–Crippen MR) is 67.1 cm³/mol. The molecule has 0 amide bonds. The van der Waals surface area contributed by atoms with Crippen molar-refractivity contribution in [2.24, 2.45) is 0 Å². The highest BCUT2D eigenvalue weighted by molar-refractivity contribution is 5.40. The summed E-state index contributed by atoms with van der Waals surface area (Å²) in [5.41, 5.74) is 0.785. The summed E-state index contributed by atoms with van der Waals surface area (Å²) in [7, 11) is 0. The van der Waals surface area contributed by atoms with E-state index in [4.69, 9.17) is 4.74 Å². The SMILES string of the molecule is FC(F)[C@H]1CN(c2nnnn2-c2ccccc2)CCO1. The van der Waals surface area contributed by atoms with E-state index in [0.29, 0.717) is 12.5 Å². The summed E-state index contributed by atoms with van der Waals surface area (Å²) in [5, 5.41) is 11.5. The number of hydrogen-bond acceptors (Lipinski definition) is 5. The number of halogens is 2. The summed E-state index contributed by atoms with van der Waals surface area (Å²) in [6.45, 7) is 0.790. The summed E-state index contributed by atoms with van der Waals surface area (Å²) in [4.78, 5) is 1.72. The van der Waals surface area contributed by atoms with Crippen molar-refractivity contribution in [1.29, 1.82) is 0 Å². The molecule has 1 aliphatic rings. The molecular formula is C12H13F2N5O. The van der Waals surface area contributed by atoms with Crippen LogP contribution in [-0.2, 0) is 4.74 Å². The Balaban J connectivity index is 1.86. The van der Waals surface area contributed by atoms with Crippen LogP contribution in [-0.4, -0.2) is 52.4 Å². The van der Waals surface area contributed by atoms with Gasteiger partial charge in [-0.2, -0.15) is 4.68 Å². The minimum atomic E-state index is -2.51. The Morgan fingerprint density at radius 3 is 2.80 bits per heavy atom. The van der Waals surface area contributed by atoms with Gasteiger partial charge in [0.05, 0.1) is 18.8 Å². The first-order valence-electron chi connectivity index (χ1n) is 6.24. The largest absolute Gasteiger partial charge is 0.369 e. The van der Waals surface area contributed by atoms with E-state index in [-0.39, 0.29) is 13.2 Å². The summed E-state index contributed by atoms with van der Waals surface area (Å²) >= 11 is 0. The van der Waals surface area contributed by atoms with Crippen molar-refractivity contribution in [3.63, 3.8) is 0 Å². The summed E-state index contributed by atoms with van der Waals surface area (Å²) < 4.78 is 32.1. The molecule has 0 unspecified atom stereocenters. The number of benzene rings is 1. The van der Waals surface area contributed by atoms with Gasteiger partial charge in [0.1, 0.15) is 6.10 Å². The molecule has 2 aromatic rings. The summed E-state index contributed by atoms with van der Waals surface area (Å²) in [5.74, 6) is 0.449. The zero-order valence-corrected chi connectivity index (χ0v) is 10.6. The van der Waals surface area contributed by atoms with E-state index >= 15 is 0 Å². The number of alkyl halides is 2. The molecular weight excluding hydrogens is 268 g/mol. The molecule has 1 aromatic carbocycles. The van der Waals surface area contributed by atoms with Gasteiger partial charge in [0, 0.05) is 6.54 Å². The number of hydrogen-bond donors (Lipinski definition) is 0. The van der Waals surface area contributed by atoms with Crippen molar-refractivity contribution in [3.8, 4) is 5.69 Å². The van der Waals surface area contributed by atoms with Gasteiger partial charge < -0.3 is 9.64 Å². The Bertz CT molecular complexity index is 562. The Morgan fingerprint density at radius 2 is 2.05 bits per heavy atom. The van der Waals surface area contributed by atoms with Crippen LogP contribution < -0.4 is 4.90 Å². The van der Waals surface area contributed by atoms with Gasteiger partial charge in [-0.3, -0.25) is 0 Å². The highest BCUT2D eigenvalue weighted by Crippen LogP contribution is 2.20. The highest BCUT2D eigenvalue weighted by atomic mass is 19.3. The number of morpholine rings is 1. The van der Waals surface area contributed by atoms with Gasteiger partial charge in [-0.05, 0) is 22.6 Å². The molecule has 106 valence electrons. The van der Waals surface area contributed by atoms with E-state index in [2.05, 4.69) is 15.5 Å². The average molecular weight is 281 g/mol. The maximum absolute atomic E-state index is 12.7. The van der Waals surface area contributed by atoms with Crippen molar-refractivity contribution < 1.29 is 13.5 Å². The molecule has 1 saturated heterocycles. The van der Waals surface area contributed by atoms with Crippen LogP contribution in [0.15, 0.2) is 30.3 Å². The van der Waals surface area contributed by atoms with Gasteiger partial charge in [0.25, 0.3) is 12.4 Å². The average Bonchev–Trinajstić information content (AvgIpc) is 2.98. The summed E-state index contributed by atoms with van der Waals surface area (Å²) in [6.07, 6.45) is -3.62. The van der Waals surface area contributed by atoms with E-state index in [0.717, 1.165) is 5.69 Å². The van der Waals surface area contributed by atoms with Crippen LogP contribution in [0.4, 0.5) is 14.7 Å². The number of aromatic nitrogens is 4. The van der Waals surface area contributed by atoms with Crippen molar-refractivity contribution in [2.45, 2.75) is 12.5 Å². The third kappa shape index (κ3) is 2.46. The molecule has 1 aliphatic heterocycles. The number of tetrazole rings is 1. The van der Waals surface area contributed by atoms with Crippen molar-refractivity contribution in [1.82, 2.24) is 20.2 Å². The second kappa shape index (κ2) is 5.49. The van der Waals surface area contributed by atoms with Crippen LogP contribution in [0.1, 0.15) is 0 Å². The predicted octanol–water partition coefficient (Wildman–Crippen LogP) is 1.13. The van der Waals surface area contributed by atoms with Crippen LogP contribution in [0.25, 0.3) is 5.69 Å². The van der Waals surface area contributed by atoms with Gasteiger partial charge in [-0.15, -0.1) is 0 Å². The molecule has 6 nitrogen and oxygen atoms in total. The van der Waals surface area contributed by atoms with Crippen LogP contribution >= 0.6 is 0 Å². The molecule has 3 rings (SSSR count). The number of rotatable bonds is 3. The highest BCUT2D eigenvalue weighted by Gasteiger charge is 2.30. The topological polar surface area (TPSA) is 56.1 Å². The maximum atomic E-state index is 12.7. The monoisotopic (exact) mass is 281 g/mol. The van der Waals surface area contributed by atoms with Gasteiger partial charge in [0.15, 0.2) is 0 Å². The lowest BCUT2D eigenvalue weighted by molar-refractivity contribution is -0.0617. The third-order valence-corrected chi connectivity index (χ3v) is 3.11. The first-order chi connectivity index (χ1) is 9.75. The molecule has 0 bridgehead atoms. The lowest BCUT2D eigenvalue weighted by Gasteiger charge is -2.32. The minimum absolute atomic E-state index is 0.0743. The number of ether oxygens (including phenoxy) is 1. The van der Waals surface area contributed by atoms with Gasteiger partial charge in [-0.1, -0.05) is 23.3 Å². The van der Waals surface area contributed by atoms with Crippen LogP contribution in [0.5, 0.6) is 0 Å². The third-order valence-electron chi connectivity index (χ3n) is 3.11. The zero-order valence-electron chi connectivity index (χ0n) is 10.6. The van der Waals surface area contributed by atoms with Gasteiger partial charge >= 0.3 is 0 Å². The first-order valence-corrected chi connectivity index (χ1v) is 6.24. The fraction of sp³-hybridized carbons (Fsp3) is 0.417. The number of nitrogens with zero attached hydrogens (tertiary/aromatic N) is 5. The fourth-order valence-electron chi connectivity index (χ4n) is 2.13. The molecule has 1 atom stereocenters. The normalized spacial score (nSPS) is 19.6. The van der Waals surface area contributed by atoms with Crippen LogP contribution in [0.2, 0.25) is 0 Å². The smallest absolute Gasteiger partial charge is 0.266 e. The molecule has 2 heterocycles. The van der Waals surface area contributed by atoms with E-state index in [9.17, 15) is 8.78 Å². The van der Waals surface area contributed by atoms with Crippen molar-refractivity contribution >= 4 is 5.95 Å². The summed E-state index contributed by atoms with van der Waals surface area (Å²) in [6, 6.07) is 9.31. The molecule has 20 heavy (non-hydrogen) atoms. The second-order valence-electron chi connectivity index (χ2n) is 4.42. The second-order valence-corrected chi connectivity index (χ2v) is 4.42. The van der Waals surface area contributed by atoms with Gasteiger partial charge in [-0.25, -0.2) is 8.78 Å². The van der Waals surface area contributed by atoms with Crippen LogP contribution in [0, 0.1) is 0 Å². The number of anilines is 1. The standard InChI is InChI=1S/C12H13F2N5O/c13-11(14)10-8-18(6-7-20-10)12-15-16-17-19(12)9-4-2-1-3-5-9/h1-5,10-11H,6-8H2/t10-/m1/s1. The molecule has 0 N–H and O–H groups in total. The van der Waals surface area contributed by atoms with E-state index in [1.165, 1.54) is 4.68 Å². The Labute approximate surface area is 113 Å². The quantitative estimate of drug-likeness (QED) is 0.844. The maximum Gasteiger partial charge on any atom is 0.266 e. The molecule has 0 aliphatic carbocycles. The Morgan fingerprint density at radius 1 is 1.25 bits per heavy atom. The molecule has 1 fully saturated rings. The van der Waals surface area contributed by atoms with E-state index in [1.807, 2.05) is 30.3 Å². The van der Waals surface area contributed by atoms with E-state index in [1.54, 1.807) is 4.90 Å². The molecule has 0 saturated carbocycles. The molecule has 8 heteroatoms. The number of para-hydroxylation sites is 1. The zero-order chi connectivity index (χ0) is 13.9. The van der Waals surface area contributed by atoms with E-state index < -0.39 is 12.5 Å². The Kier molecular flexibility index (Phi) is 3.55. The Hall–Kier alpha value is -2.09. The van der Waals surface area contributed by atoms with Crippen molar-refractivity contribution in [2.75, 3.05) is 24.6 Å². The minimum Gasteiger partial charge on any atom is -0.369 e. The van der Waals surface area contributed by atoms with Gasteiger partial charge in [0.2, 0.25) is 0 Å². The lowest BCUT2D eigenvalue weighted by atomic mass is 10.3. The molecule has 0 spiro atoms. The lowest BCUT2D eigenvalue weighted by Crippen LogP contribution is -2.46. The molecule has 0 radical (unpaired) electrons. The van der Waals surface area contributed by atoms with Crippen molar-refractivity contribution in [3.05, 3.63) is 30.3 Å².